The topological polar surface area (TPSA) is 36.0 Å². The maximum atomic E-state index is 8.99. The average Bonchev–Trinajstić information content (AvgIpc) is 2.68. The van der Waals surface area contributed by atoms with Gasteiger partial charge in [-0.3, -0.25) is 4.90 Å². The molecule has 1 N–H and O–H groups in total. The first-order valence-electron chi connectivity index (χ1n) is 4.36. The molecule has 2 aliphatic heterocycles. The number of nitrogens with zero attached hydrogens (tertiary/aromatic N) is 1. The minimum Gasteiger partial charge on any atom is -0.395 e. The standard InChI is InChI=1S/C8H15NO2/c10-5-7-2-1-3-9(7)4-8-6-11-8/h7-8,10H,1-6H2/t7-,8-/m1/s1. The highest BCUT2D eigenvalue weighted by atomic mass is 16.6. The van der Waals surface area contributed by atoms with Crippen LogP contribution in [0, 0.1) is 0 Å². The van der Waals surface area contributed by atoms with Gasteiger partial charge >= 0.3 is 0 Å². The third kappa shape index (κ3) is 1.72. The molecule has 0 bridgehead atoms. The van der Waals surface area contributed by atoms with Crippen LogP contribution in [-0.4, -0.2) is 48.5 Å². The van der Waals surface area contributed by atoms with Crippen LogP contribution in [0.25, 0.3) is 0 Å². The van der Waals surface area contributed by atoms with Crippen LogP contribution >= 0.6 is 0 Å². The molecule has 0 unspecified atom stereocenters. The number of hydrogen-bond acceptors (Lipinski definition) is 3. The second-order valence-corrected chi connectivity index (χ2v) is 3.43. The van der Waals surface area contributed by atoms with E-state index in [0.29, 0.717) is 18.8 Å². The number of likely N-dealkylation sites (tertiary alicyclic amines) is 1. The summed E-state index contributed by atoms with van der Waals surface area (Å²) in [6.07, 6.45) is 2.86. The van der Waals surface area contributed by atoms with Crippen molar-refractivity contribution in [2.24, 2.45) is 0 Å². The maximum Gasteiger partial charge on any atom is 0.0936 e. The lowest BCUT2D eigenvalue weighted by atomic mass is 10.2. The summed E-state index contributed by atoms with van der Waals surface area (Å²) >= 11 is 0. The summed E-state index contributed by atoms with van der Waals surface area (Å²) in [6, 6.07) is 0.416. The smallest absolute Gasteiger partial charge is 0.0936 e. The zero-order valence-electron chi connectivity index (χ0n) is 6.70. The van der Waals surface area contributed by atoms with E-state index in [2.05, 4.69) is 4.90 Å². The van der Waals surface area contributed by atoms with E-state index in [-0.39, 0.29) is 0 Å². The molecule has 3 nitrogen and oxygen atoms in total. The van der Waals surface area contributed by atoms with Gasteiger partial charge < -0.3 is 9.84 Å². The third-order valence-corrected chi connectivity index (χ3v) is 2.55. The molecule has 11 heavy (non-hydrogen) atoms. The van der Waals surface area contributed by atoms with Crippen molar-refractivity contribution in [2.75, 3.05) is 26.3 Å². The summed E-state index contributed by atoms with van der Waals surface area (Å²) in [7, 11) is 0. The molecule has 0 spiro atoms. The van der Waals surface area contributed by atoms with Gasteiger partial charge in [-0.25, -0.2) is 0 Å². The third-order valence-electron chi connectivity index (χ3n) is 2.55. The number of aliphatic hydroxyl groups excluding tert-OH is 1. The van der Waals surface area contributed by atoms with Crippen LogP contribution < -0.4 is 0 Å². The van der Waals surface area contributed by atoms with Gasteiger partial charge in [0.2, 0.25) is 0 Å². The summed E-state index contributed by atoms with van der Waals surface area (Å²) in [6.45, 7) is 3.41. The molecule has 2 rings (SSSR count). The van der Waals surface area contributed by atoms with Gasteiger partial charge in [0.1, 0.15) is 0 Å². The Morgan fingerprint density at radius 1 is 1.55 bits per heavy atom. The average molecular weight is 157 g/mol. The fourth-order valence-electron chi connectivity index (χ4n) is 1.78. The minimum absolute atomic E-state index is 0.312. The van der Waals surface area contributed by atoms with Crippen molar-refractivity contribution in [3.8, 4) is 0 Å². The number of ether oxygens (including phenoxy) is 1. The highest BCUT2D eigenvalue weighted by Gasteiger charge is 2.31. The van der Waals surface area contributed by atoms with Crippen LogP contribution in [0.3, 0.4) is 0 Å². The molecule has 2 saturated heterocycles. The highest BCUT2D eigenvalue weighted by molar-refractivity contribution is 4.83. The quantitative estimate of drug-likeness (QED) is 0.578. The van der Waals surface area contributed by atoms with Crippen molar-refractivity contribution < 1.29 is 9.84 Å². The number of hydrogen-bond donors (Lipinski definition) is 1. The molecule has 2 aliphatic rings. The summed E-state index contributed by atoms with van der Waals surface area (Å²) in [5.41, 5.74) is 0. The van der Waals surface area contributed by atoms with Crippen LogP contribution in [0.5, 0.6) is 0 Å². The Morgan fingerprint density at radius 3 is 3.00 bits per heavy atom. The first-order valence-corrected chi connectivity index (χ1v) is 4.36. The zero-order chi connectivity index (χ0) is 7.68. The molecular weight excluding hydrogens is 142 g/mol. The molecule has 0 saturated carbocycles. The Labute approximate surface area is 66.9 Å². The van der Waals surface area contributed by atoms with Gasteiger partial charge in [-0.2, -0.15) is 0 Å². The second-order valence-electron chi connectivity index (χ2n) is 3.43. The second kappa shape index (κ2) is 3.09. The molecule has 0 aliphatic carbocycles. The van der Waals surface area contributed by atoms with Gasteiger partial charge in [0.25, 0.3) is 0 Å². The summed E-state index contributed by atoms with van der Waals surface area (Å²) in [5, 5.41) is 8.99. The largest absolute Gasteiger partial charge is 0.395 e. The van der Waals surface area contributed by atoms with Crippen molar-refractivity contribution >= 4 is 0 Å². The maximum absolute atomic E-state index is 8.99. The molecule has 0 aromatic rings. The first kappa shape index (κ1) is 7.53. The molecular formula is C8H15NO2. The van der Waals surface area contributed by atoms with Crippen molar-refractivity contribution in [2.45, 2.75) is 25.0 Å². The molecule has 0 amide bonds. The number of epoxide rings is 1. The van der Waals surface area contributed by atoms with Crippen molar-refractivity contribution in [1.29, 1.82) is 0 Å². The van der Waals surface area contributed by atoms with Crippen LogP contribution in [0.1, 0.15) is 12.8 Å². The predicted octanol–water partition coefficient (Wildman–Crippen LogP) is -0.158. The zero-order valence-corrected chi connectivity index (χ0v) is 6.70. The SMILES string of the molecule is OC[C@H]1CCCN1C[C@@H]1CO1. The van der Waals surface area contributed by atoms with Gasteiger partial charge in [0.05, 0.1) is 19.3 Å². The molecule has 2 fully saturated rings. The monoisotopic (exact) mass is 157 g/mol. The van der Waals surface area contributed by atoms with E-state index in [9.17, 15) is 0 Å². The molecule has 2 atom stereocenters. The molecule has 0 aromatic carbocycles. The molecule has 2 heterocycles. The fourth-order valence-corrected chi connectivity index (χ4v) is 1.78. The highest BCUT2D eigenvalue weighted by Crippen LogP contribution is 2.20. The Bertz CT molecular complexity index is 136. The van der Waals surface area contributed by atoms with Gasteiger partial charge in [-0.1, -0.05) is 0 Å². The Balaban J connectivity index is 1.79. The predicted molar refractivity (Wildman–Crippen MR) is 41.4 cm³/mol. The number of rotatable bonds is 3. The van der Waals surface area contributed by atoms with Gasteiger partial charge in [-0.15, -0.1) is 0 Å². The van der Waals surface area contributed by atoms with Crippen molar-refractivity contribution in [3.05, 3.63) is 0 Å². The Morgan fingerprint density at radius 2 is 2.36 bits per heavy atom. The van der Waals surface area contributed by atoms with E-state index in [4.69, 9.17) is 9.84 Å². The van der Waals surface area contributed by atoms with Crippen LogP contribution in [-0.2, 0) is 4.74 Å². The van der Waals surface area contributed by atoms with Gasteiger partial charge in [0.15, 0.2) is 0 Å². The van der Waals surface area contributed by atoms with E-state index in [0.717, 1.165) is 26.1 Å². The Kier molecular flexibility index (Phi) is 2.11. The molecule has 3 heteroatoms. The van der Waals surface area contributed by atoms with Crippen LogP contribution in [0.2, 0.25) is 0 Å². The summed E-state index contributed by atoms with van der Waals surface area (Å²) in [4.78, 5) is 2.34. The van der Waals surface area contributed by atoms with E-state index < -0.39 is 0 Å². The lowest BCUT2D eigenvalue weighted by Gasteiger charge is -2.21. The van der Waals surface area contributed by atoms with Crippen LogP contribution in [0.15, 0.2) is 0 Å². The lowest BCUT2D eigenvalue weighted by Crippen LogP contribution is -2.35. The normalized spacial score (nSPS) is 37.9. The molecule has 0 aromatic heterocycles. The fraction of sp³-hybridized carbons (Fsp3) is 1.00. The molecule has 64 valence electrons. The Hall–Kier alpha value is -0.120. The summed E-state index contributed by atoms with van der Waals surface area (Å²) in [5.74, 6) is 0. The molecule has 0 radical (unpaired) electrons. The van der Waals surface area contributed by atoms with E-state index in [1.54, 1.807) is 0 Å². The first-order chi connectivity index (χ1) is 5.40. The van der Waals surface area contributed by atoms with E-state index in [1.165, 1.54) is 6.42 Å². The van der Waals surface area contributed by atoms with E-state index in [1.807, 2.05) is 0 Å². The van der Waals surface area contributed by atoms with Crippen LogP contribution in [0.4, 0.5) is 0 Å². The van der Waals surface area contributed by atoms with Crippen molar-refractivity contribution in [3.63, 3.8) is 0 Å². The van der Waals surface area contributed by atoms with Gasteiger partial charge in [-0.05, 0) is 19.4 Å². The van der Waals surface area contributed by atoms with Crippen molar-refractivity contribution in [1.82, 2.24) is 4.90 Å². The number of aliphatic hydroxyl groups is 1. The van der Waals surface area contributed by atoms with E-state index >= 15 is 0 Å². The summed E-state index contributed by atoms with van der Waals surface area (Å²) < 4.78 is 5.14. The minimum atomic E-state index is 0.312. The van der Waals surface area contributed by atoms with Gasteiger partial charge in [0, 0.05) is 12.6 Å². The lowest BCUT2D eigenvalue weighted by molar-refractivity contribution is 0.150.